The number of methoxy groups -OCH3 is 1. The highest BCUT2D eigenvalue weighted by Gasteiger charge is 2.30. The third kappa shape index (κ3) is 5.50. The van der Waals surface area contributed by atoms with Gasteiger partial charge in [0.15, 0.2) is 11.5 Å². The number of carbonyl (C=O) groups excluding carboxylic acids is 3. The molecule has 0 atom stereocenters. The van der Waals surface area contributed by atoms with E-state index in [4.69, 9.17) is 18.9 Å². The van der Waals surface area contributed by atoms with Crippen molar-refractivity contribution in [3.05, 3.63) is 84.5 Å². The maximum Gasteiger partial charge on any atom is 0.335 e. The monoisotopic (exact) mass is 460 g/mol. The number of ketones is 1. The predicted molar refractivity (Wildman–Crippen MR) is 128 cm³/mol. The molecule has 0 bridgehead atoms. The van der Waals surface area contributed by atoms with Crippen LogP contribution in [0.4, 0.5) is 0 Å². The molecule has 0 aromatic heterocycles. The van der Waals surface area contributed by atoms with Gasteiger partial charge in [-0.1, -0.05) is 31.4 Å². The van der Waals surface area contributed by atoms with E-state index in [0.717, 1.165) is 12.2 Å². The fourth-order valence-corrected chi connectivity index (χ4v) is 3.17. The molecule has 1 heterocycles. The van der Waals surface area contributed by atoms with Crippen molar-refractivity contribution in [3.8, 4) is 23.0 Å². The van der Waals surface area contributed by atoms with E-state index in [1.807, 2.05) is 13.8 Å². The summed E-state index contributed by atoms with van der Waals surface area (Å²) in [6.07, 6.45) is 8.53. The van der Waals surface area contributed by atoms with Gasteiger partial charge in [-0.2, -0.15) is 0 Å². The second-order valence-electron chi connectivity index (χ2n) is 7.75. The van der Waals surface area contributed by atoms with Crippen molar-refractivity contribution >= 4 is 29.9 Å². The van der Waals surface area contributed by atoms with Crippen molar-refractivity contribution < 1.29 is 33.3 Å². The first-order valence-corrected chi connectivity index (χ1v) is 10.3. The third-order valence-electron chi connectivity index (χ3n) is 4.80. The summed E-state index contributed by atoms with van der Waals surface area (Å²) in [5.74, 6) is -0.769. The lowest BCUT2D eigenvalue weighted by atomic mass is 9.97. The van der Waals surface area contributed by atoms with Gasteiger partial charge in [0.2, 0.25) is 0 Å². The summed E-state index contributed by atoms with van der Waals surface area (Å²) in [4.78, 5) is 36.6. The maximum atomic E-state index is 13.2. The van der Waals surface area contributed by atoms with E-state index < -0.39 is 23.3 Å². The molecule has 7 nitrogen and oxygen atoms in total. The van der Waals surface area contributed by atoms with Gasteiger partial charge in [0.1, 0.15) is 28.4 Å². The highest BCUT2D eigenvalue weighted by atomic mass is 16.5. The number of rotatable bonds is 8. The number of hydrogen-bond acceptors (Lipinski definition) is 7. The Morgan fingerprint density at radius 1 is 1.00 bits per heavy atom. The van der Waals surface area contributed by atoms with Crippen LogP contribution in [0.15, 0.2) is 67.8 Å². The van der Waals surface area contributed by atoms with Crippen LogP contribution in [0, 0.1) is 0 Å². The molecule has 0 aliphatic carbocycles. The Morgan fingerprint density at radius 3 is 2.26 bits per heavy atom. The van der Waals surface area contributed by atoms with Gasteiger partial charge in [-0.3, -0.25) is 4.79 Å². The zero-order valence-corrected chi connectivity index (χ0v) is 19.1. The number of esters is 2. The molecule has 34 heavy (non-hydrogen) atoms. The molecule has 0 saturated heterocycles. The van der Waals surface area contributed by atoms with Crippen LogP contribution in [0.3, 0.4) is 0 Å². The van der Waals surface area contributed by atoms with Crippen molar-refractivity contribution in [2.24, 2.45) is 0 Å². The van der Waals surface area contributed by atoms with Crippen LogP contribution in [-0.4, -0.2) is 30.4 Å². The molecule has 0 amide bonds. The number of fused-ring (bicyclic) bond motifs is 1. The first kappa shape index (κ1) is 24.3. The fraction of sp³-hybridized carbons (Fsp3) is 0.148. The minimum absolute atomic E-state index is 0.0207. The van der Waals surface area contributed by atoms with Gasteiger partial charge >= 0.3 is 11.9 Å². The van der Waals surface area contributed by atoms with E-state index in [1.165, 1.54) is 13.2 Å². The molecule has 0 N–H and O–H groups in total. The average molecular weight is 460 g/mol. The van der Waals surface area contributed by atoms with E-state index in [1.54, 1.807) is 48.6 Å². The molecule has 0 fully saturated rings. The summed E-state index contributed by atoms with van der Waals surface area (Å²) in [6, 6.07) is 8.13. The molecule has 2 aromatic rings. The summed E-state index contributed by atoms with van der Waals surface area (Å²) in [6.45, 7) is 10.5. The Kier molecular flexibility index (Phi) is 7.16. The van der Waals surface area contributed by atoms with E-state index in [0.29, 0.717) is 22.6 Å². The number of hydrogen-bond donors (Lipinski definition) is 0. The van der Waals surface area contributed by atoms with Crippen LogP contribution >= 0.6 is 0 Å². The van der Waals surface area contributed by atoms with Gasteiger partial charge in [-0.05, 0) is 49.8 Å². The van der Waals surface area contributed by atoms with Crippen molar-refractivity contribution in [2.75, 3.05) is 7.11 Å². The quantitative estimate of drug-likeness (QED) is 0.238. The van der Waals surface area contributed by atoms with Gasteiger partial charge in [0.25, 0.3) is 0 Å². The molecule has 0 radical (unpaired) electrons. The molecule has 3 rings (SSSR count). The van der Waals surface area contributed by atoms with Crippen LogP contribution in [0.5, 0.6) is 23.0 Å². The molecule has 0 unspecified atom stereocenters. The molecular formula is C27H24O7. The summed E-state index contributed by atoms with van der Waals surface area (Å²) < 4.78 is 21.9. The third-order valence-corrected chi connectivity index (χ3v) is 4.80. The van der Waals surface area contributed by atoms with E-state index in [9.17, 15) is 14.4 Å². The fourth-order valence-electron chi connectivity index (χ4n) is 3.17. The van der Waals surface area contributed by atoms with Crippen LogP contribution in [0.25, 0.3) is 12.2 Å². The topological polar surface area (TPSA) is 88.1 Å². The lowest BCUT2D eigenvalue weighted by Gasteiger charge is -2.29. The van der Waals surface area contributed by atoms with Crippen LogP contribution in [-0.2, 0) is 9.59 Å². The average Bonchev–Trinajstić information content (AvgIpc) is 2.81. The summed E-state index contributed by atoms with van der Waals surface area (Å²) >= 11 is 0. The standard InChI is InChI=1S/C27H24O7/c1-6-23(29)32-18-11-8-17(9-12-18)10-13-20(28)25-22(31-5)16-21-19(14-15-27(3,4)34-21)26(25)33-24(30)7-2/h6-16H,1-2H2,3-5H3/b13-10+. The molecule has 0 saturated carbocycles. The largest absolute Gasteiger partial charge is 0.496 e. The SMILES string of the molecule is C=CC(=O)Oc1ccc(/C=C/C(=O)c2c(OC)cc3c(c2OC(=O)C=C)C=CC(C)(C)O3)cc1. The highest BCUT2D eigenvalue weighted by Crippen LogP contribution is 2.44. The Labute approximate surface area is 197 Å². The molecule has 2 aromatic carbocycles. The van der Waals surface area contributed by atoms with E-state index >= 15 is 0 Å². The second kappa shape index (κ2) is 10.0. The van der Waals surface area contributed by atoms with Gasteiger partial charge < -0.3 is 18.9 Å². The predicted octanol–water partition coefficient (Wildman–Crippen LogP) is 4.96. The van der Waals surface area contributed by atoms with Crippen molar-refractivity contribution in [2.45, 2.75) is 19.4 Å². The molecule has 1 aliphatic heterocycles. The number of benzene rings is 2. The molecule has 1 aliphatic rings. The lowest BCUT2D eigenvalue weighted by molar-refractivity contribution is -0.129. The number of carbonyl (C=O) groups is 3. The minimum Gasteiger partial charge on any atom is -0.496 e. The van der Waals surface area contributed by atoms with Gasteiger partial charge in [-0.15, -0.1) is 0 Å². The molecule has 174 valence electrons. The molecule has 7 heteroatoms. The summed E-state index contributed by atoms with van der Waals surface area (Å²) in [5, 5.41) is 0. The Hall–Kier alpha value is -4.39. The number of ether oxygens (including phenoxy) is 4. The Morgan fingerprint density at radius 2 is 1.65 bits per heavy atom. The molecular weight excluding hydrogens is 436 g/mol. The van der Waals surface area contributed by atoms with Gasteiger partial charge in [0, 0.05) is 18.2 Å². The minimum atomic E-state index is -0.726. The molecule has 0 spiro atoms. The van der Waals surface area contributed by atoms with Crippen LogP contribution in [0.2, 0.25) is 0 Å². The second-order valence-corrected chi connectivity index (χ2v) is 7.75. The smallest absolute Gasteiger partial charge is 0.335 e. The lowest BCUT2D eigenvalue weighted by Crippen LogP contribution is -2.28. The Balaban J connectivity index is 1.99. The first-order chi connectivity index (χ1) is 16.2. The normalized spacial score (nSPS) is 13.4. The van der Waals surface area contributed by atoms with Gasteiger partial charge in [-0.25, -0.2) is 9.59 Å². The highest BCUT2D eigenvalue weighted by molar-refractivity contribution is 6.12. The van der Waals surface area contributed by atoms with Crippen LogP contribution < -0.4 is 18.9 Å². The van der Waals surface area contributed by atoms with E-state index in [2.05, 4.69) is 13.2 Å². The van der Waals surface area contributed by atoms with Gasteiger partial charge in [0.05, 0.1) is 12.7 Å². The maximum absolute atomic E-state index is 13.2. The Bertz CT molecular complexity index is 1210. The summed E-state index contributed by atoms with van der Waals surface area (Å²) in [7, 11) is 1.41. The van der Waals surface area contributed by atoms with Crippen molar-refractivity contribution in [1.82, 2.24) is 0 Å². The zero-order valence-electron chi connectivity index (χ0n) is 19.1. The summed E-state index contributed by atoms with van der Waals surface area (Å²) in [5.41, 5.74) is 0.603. The van der Waals surface area contributed by atoms with Crippen LogP contribution in [0.1, 0.15) is 35.3 Å². The first-order valence-electron chi connectivity index (χ1n) is 10.3. The van der Waals surface area contributed by atoms with Crippen molar-refractivity contribution in [1.29, 1.82) is 0 Å². The zero-order chi connectivity index (χ0) is 24.9. The van der Waals surface area contributed by atoms with E-state index in [-0.39, 0.29) is 17.1 Å². The van der Waals surface area contributed by atoms with Crippen molar-refractivity contribution in [3.63, 3.8) is 0 Å². The number of allylic oxidation sites excluding steroid dienone is 1.